The van der Waals surface area contributed by atoms with Crippen LogP contribution in [0, 0.1) is 0 Å². The van der Waals surface area contributed by atoms with Crippen LogP contribution in [0.25, 0.3) is 5.76 Å². The number of benzene rings is 1. The molecule has 3 heterocycles. The Morgan fingerprint density at radius 3 is 2.65 bits per heavy atom. The molecule has 1 aliphatic heterocycles. The first-order valence-corrected chi connectivity index (χ1v) is 10.8. The van der Waals surface area contributed by atoms with Gasteiger partial charge in [-0.05, 0) is 53.3 Å². The first kappa shape index (κ1) is 20.9. The summed E-state index contributed by atoms with van der Waals surface area (Å²) in [6.07, 6.45) is 1.49. The van der Waals surface area contributed by atoms with Crippen molar-refractivity contribution in [2.45, 2.75) is 32.4 Å². The number of furan rings is 1. The van der Waals surface area contributed by atoms with Crippen LogP contribution in [0.4, 0.5) is 0 Å². The molecule has 0 radical (unpaired) electrons. The number of thiophene rings is 1. The second-order valence-corrected chi connectivity index (χ2v) is 8.67. The summed E-state index contributed by atoms with van der Waals surface area (Å²) in [6, 6.07) is 11.6. The number of amides is 1. The van der Waals surface area contributed by atoms with Gasteiger partial charge in [0, 0.05) is 10.4 Å². The van der Waals surface area contributed by atoms with Crippen LogP contribution in [0.2, 0.25) is 0 Å². The number of aliphatic hydroxyl groups excluding tert-OH is 1. The van der Waals surface area contributed by atoms with E-state index in [0.717, 1.165) is 10.4 Å². The van der Waals surface area contributed by atoms with Crippen molar-refractivity contribution < 1.29 is 23.8 Å². The van der Waals surface area contributed by atoms with E-state index in [2.05, 4.69) is 0 Å². The van der Waals surface area contributed by atoms with E-state index in [9.17, 15) is 14.7 Å². The molecule has 160 valence electrons. The Kier molecular flexibility index (Phi) is 5.69. The van der Waals surface area contributed by atoms with Gasteiger partial charge in [0.25, 0.3) is 11.7 Å². The van der Waals surface area contributed by atoms with Gasteiger partial charge >= 0.3 is 0 Å². The predicted octanol–water partition coefficient (Wildman–Crippen LogP) is 5.10. The minimum Gasteiger partial charge on any atom is -0.507 e. The fourth-order valence-corrected chi connectivity index (χ4v) is 4.55. The average molecular weight is 438 g/mol. The molecule has 1 atom stereocenters. The predicted molar refractivity (Wildman–Crippen MR) is 118 cm³/mol. The lowest BCUT2D eigenvalue weighted by molar-refractivity contribution is -0.140. The molecule has 1 N–H and O–H groups in total. The number of aliphatic hydroxyl groups is 1. The zero-order chi connectivity index (χ0) is 22.1. The van der Waals surface area contributed by atoms with E-state index >= 15 is 0 Å². The van der Waals surface area contributed by atoms with Gasteiger partial charge in [-0.25, -0.2) is 0 Å². The van der Waals surface area contributed by atoms with Crippen LogP contribution in [-0.4, -0.2) is 28.8 Å². The summed E-state index contributed by atoms with van der Waals surface area (Å²) in [5, 5.41) is 13.1. The molecule has 31 heavy (non-hydrogen) atoms. The molecule has 1 saturated heterocycles. The van der Waals surface area contributed by atoms with E-state index in [4.69, 9.17) is 9.15 Å². The van der Waals surface area contributed by atoms with Gasteiger partial charge in [0.05, 0.1) is 25.5 Å². The van der Waals surface area contributed by atoms with E-state index in [0.29, 0.717) is 17.1 Å². The molecule has 7 heteroatoms. The van der Waals surface area contributed by atoms with Gasteiger partial charge in [0.15, 0.2) is 0 Å². The molecule has 0 bridgehead atoms. The van der Waals surface area contributed by atoms with Gasteiger partial charge in [-0.15, -0.1) is 11.3 Å². The Morgan fingerprint density at radius 1 is 1.23 bits per heavy atom. The quantitative estimate of drug-likeness (QED) is 0.330. The highest BCUT2D eigenvalue weighted by molar-refractivity contribution is 7.09. The molecule has 1 amide bonds. The highest BCUT2D eigenvalue weighted by atomic mass is 32.1. The number of likely N-dealkylation sites (tertiary alicyclic amines) is 1. The number of ether oxygens (including phenoxy) is 1. The maximum Gasteiger partial charge on any atom is 0.296 e. The summed E-state index contributed by atoms with van der Waals surface area (Å²) in [6.45, 7) is 4.29. The first-order chi connectivity index (χ1) is 14.9. The maximum absolute atomic E-state index is 13.0. The molecule has 1 aliphatic rings. The molecule has 4 rings (SSSR count). The lowest BCUT2D eigenvalue weighted by Gasteiger charge is -2.22. The smallest absolute Gasteiger partial charge is 0.296 e. The molecule has 1 fully saturated rings. The molecular weight excluding hydrogens is 414 g/mol. The number of nitrogens with zero attached hydrogens (tertiary/aromatic N) is 1. The summed E-state index contributed by atoms with van der Waals surface area (Å²) in [4.78, 5) is 28.4. The SMILES string of the molecule is COc1ccc(/C(O)=C2/C(=O)C(=O)N(Cc3cccs3)C2c2ccco2)cc1C(C)C. The number of hydrogen-bond donors (Lipinski definition) is 1. The standard InChI is InChI=1S/C24H23NO5S/c1-14(2)17-12-15(8-9-18(17)29-3)22(26)20-21(19-7-4-10-30-19)25(24(28)23(20)27)13-16-6-5-11-31-16/h4-12,14,21,26H,13H2,1-3H3/b22-20-. The van der Waals surface area contributed by atoms with Crippen molar-refractivity contribution in [3.63, 3.8) is 0 Å². The Labute approximate surface area is 184 Å². The monoisotopic (exact) mass is 437 g/mol. The van der Waals surface area contributed by atoms with E-state index in [1.54, 1.807) is 37.4 Å². The number of hydrogen-bond acceptors (Lipinski definition) is 6. The van der Waals surface area contributed by atoms with Gasteiger partial charge in [-0.1, -0.05) is 19.9 Å². The molecule has 6 nitrogen and oxygen atoms in total. The molecule has 2 aromatic heterocycles. The molecule has 0 saturated carbocycles. The Balaban J connectivity index is 1.85. The maximum atomic E-state index is 13.0. The van der Waals surface area contributed by atoms with Crippen LogP contribution in [0.1, 0.15) is 47.6 Å². The number of Topliss-reactive ketones (excluding diaryl/α,β-unsaturated/α-hetero) is 1. The minimum absolute atomic E-state index is 0.0244. The minimum atomic E-state index is -0.804. The average Bonchev–Trinajstić information content (AvgIpc) is 3.52. The third-order valence-electron chi connectivity index (χ3n) is 5.38. The van der Waals surface area contributed by atoms with Gasteiger partial charge in [-0.2, -0.15) is 0 Å². The van der Waals surface area contributed by atoms with Gasteiger partial charge in [0.2, 0.25) is 0 Å². The molecule has 1 aromatic carbocycles. The second kappa shape index (κ2) is 8.43. The summed E-state index contributed by atoms with van der Waals surface area (Å²) in [7, 11) is 1.59. The van der Waals surface area contributed by atoms with E-state index in [1.165, 1.54) is 22.5 Å². The van der Waals surface area contributed by atoms with Gasteiger partial charge in [-0.3, -0.25) is 9.59 Å². The topological polar surface area (TPSA) is 80.0 Å². The Hall–Kier alpha value is -3.32. The van der Waals surface area contributed by atoms with Crippen molar-refractivity contribution >= 4 is 28.8 Å². The fourth-order valence-electron chi connectivity index (χ4n) is 3.84. The van der Waals surface area contributed by atoms with Crippen LogP contribution < -0.4 is 4.74 Å². The normalized spacial score (nSPS) is 18.2. The summed E-state index contributed by atoms with van der Waals surface area (Å²) >= 11 is 1.50. The number of methoxy groups -OCH3 is 1. The number of ketones is 1. The van der Waals surface area contributed by atoms with Crippen LogP contribution >= 0.6 is 11.3 Å². The zero-order valence-corrected chi connectivity index (χ0v) is 18.3. The van der Waals surface area contributed by atoms with Crippen molar-refractivity contribution in [3.8, 4) is 5.75 Å². The molecular formula is C24H23NO5S. The number of carbonyl (C=O) groups excluding carboxylic acids is 2. The lowest BCUT2D eigenvalue weighted by Crippen LogP contribution is -2.28. The van der Waals surface area contributed by atoms with Crippen LogP contribution in [0.15, 0.2) is 64.1 Å². The molecule has 0 spiro atoms. The fraction of sp³-hybridized carbons (Fsp3) is 0.250. The number of rotatable bonds is 6. The number of carbonyl (C=O) groups is 2. The Morgan fingerprint density at radius 2 is 2.03 bits per heavy atom. The van der Waals surface area contributed by atoms with Crippen LogP contribution in [0.3, 0.4) is 0 Å². The van der Waals surface area contributed by atoms with Gasteiger partial charge < -0.3 is 19.2 Å². The van der Waals surface area contributed by atoms with Crippen LogP contribution in [-0.2, 0) is 16.1 Å². The highest BCUT2D eigenvalue weighted by Crippen LogP contribution is 2.41. The first-order valence-electron chi connectivity index (χ1n) is 9.94. The van der Waals surface area contributed by atoms with Crippen molar-refractivity contribution in [2.24, 2.45) is 0 Å². The third-order valence-corrected chi connectivity index (χ3v) is 6.25. The summed E-state index contributed by atoms with van der Waals surface area (Å²) < 4.78 is 11.0. The van der Waals surface area contributed by atoms with Crippen LogP contribution in [0.5, 0.6) is 5.75 Å². The second-order valence-electron chi connectivity index (χ2n) is 7.63. The van der Waals surface area contributed by atoms with Gasteiger partial charge in [0.1, 0.15) is 23.3 Å². The van der Waals surface area contributed by atoms with Crippen molar-refractivity contribution in [2.75, 3.05) is 7.11 Å². The zero-order valence-electron chi connectivity index (χ0n) is 17.5. The molecule has 0 aliphatic carbocycles. The highest BCUT2D eigenvalue weighted by Gasteiger charge is 2.47. The van der Waals surface area contributed by atoms with E-state index in [1.807, 2.05) is 31.4 Å². The summed E-state index contributed by atoms with van der Waals surface area (Å²) in [5.41, 5.74) is 1.38. The van der Waals surface area contributed by atoms with Crippen molar-refractivity contribution in [1.82, 2.24) is 4.90 Å². The summed E-state index contributed by atoms with van der Waals surface area (Å²) in [5.74, 6) is -0.337. The van der Waals surface area contributed by atoms with E-state index in [-0.39, 0.29) is 23.8 Å². The Bertz CT molecular complexity index is 1130. The van der Waals surface area contributed by atoms with Crippen molar-refractivity contribution in [1.29, 1.82) is 0 Å². The molecule has 1 unspecified atom stereocenters. The van der Waals surface area contributed by atoms with Crippen molar-refractivity contribution in [3.05, 3.63) is 81.4 Å². The lowest BCUT2D eigenvalue weighted by atomic mass is 9.95. The largest absolute Gasteiger partial charge is 0.507 e. The van der Waals surface area contributed by atoms with E-state index < -0.39 is 17.7 Å². The molecule has 3 aromatic rings. The third kappa shape index (κ3) is 3.77.